The van der Waals surface area contributed by atoms with E-state index in [0.717, 1.165) is 10.2 Å². The first-order valence-electron chi connectivity index (χ1n) is 9.28. The van der Waals surface area contributed by atoms with Gasteiger partial charge in [-0.05, 0) is 19.1 Å². The van der Waals surface area contributed by atoms with Crippen molar-refractivity contribution in [2.75, 3.05) is 0 Å². The maximum Gasteiger partial charge on any atom is 0.281 e. The molecule has 0 saturated carbocycles. The molecule has 0 radical (unpaired) electrons. The Morgan fingerprint density at radius 1 is 1.00 bits per heavy atom. The minimum atomic E-state index is -0.674. The summed E-state index contributed by atoms with van der Waals surface area (Å²) in [7, 11) is 0. The molecule has 3 N–H and O–H groups in total. The highest BCUT2D eigenvalue weighted by molar-refractivity contribution is 7.17. The summed E-state index contributed by atoms with van der Waals surface area (Å²) in [5.74, 6) is -1.20. The zero-order chi connectivity index (χ0) is 22.0. The molecular weight excluding hydrogens is 418 g/mol. The fraction of sp³-hybridized carbons (Fsp3) is 0.0952. The van der Waals surface area contributed by atoms with Gasteiger partial charge in [-0.25, -0.2) is 9.67 Å². The van der Waals surface area contributed by atoms with E-state index in [1.165, 1.54) is 23.5 Å². The Hall–Kier alpha value is -4.05. The number of carbonyl (C=O) groups excluding carboxylic acids is 2. The van der Waals surface area contributed by atoms with Gasteiger partial charge >= 0.3 is 0 Å². The fourth-order valence-electron chi connectivity index (χ4n) is 3.04. The maximum absolute atomic E-state index is 12.5. The first-order valence-corrected chi connectivity index (χ1v) is 10.1. The van der Waals surface area contributed by atoms with Crippen LogP contribution in [0.15, 0.2) is 64.2 Å². The molecule has 4 rings (SSSR count). The molecular formula is C21H17N5O4S. The standard InChI is InChI=1S/C21H17N5O4S/c1-12-17(31-20(22-12)13-7-3-2-4-8-13)19(29)24-23-16(27)11-26-21(30)15-10-6-5-9-14(15)18(28)25-26/h2-10H,11H2,1H3,(H,23,27)(H,24,29)(H,25,28). The van der Waals surface area contributed by atoms with Crippen LogP contribution >= 0.6 is 11.3 Å². The molecule has 0 aliphatic heterocycles. The van der Waals surface area contributed by atoms with Crippen LogP contribution in [0.3, 0.4) is 0 Å². The lowest BCUT2D eigenvalue weighted by molar-refractivity contribution is -0.122. The number of aromatic amines is 1. The van der Waals surface area contributed by atoms with E-state index in [4.69, 9.17) is 0 Å². The van der Waals surface area contributed by atoms with Crippen LogP contribution in [0.5, 0.6) is 0 Å². The number of amides is 2. The summed E-state index contributed by atoms with van der Waals surface area (Å²) in [4.78, 5) is 54.1. The topological polar surface area (TPSA) is 126 Å². The van der Waals surface area contributed by atoms with Gasteiger partial charge in [0.1, 0.15) is 16.4 Å². The van der Waals surface area contributed by atoms with Gasteiger partial charge in [0.2, 0.25) is 0 Å². The van der Waals surface area contributed by atoms with E-state index >= 15 is 0 Å². The summed E-state index contributed by atoms with van der Waals surface area (Å²) >= 11 is 1.21. The summed E-state index contributed by atoms with van der Waals surface area (Å²) in [6, 6.07) is 15.8. The third-order valence-electron chi connectivity index (χ3n) is 4.52. The van der Waals surface area contributed by atoms with Crippen LogP contribution in [0.1, 0.15) is 15.4 Å². The van der Waals surface area contributed by atoms with Crippen molar-refractivity contribution in [2.45, 2.75) is 13.5 Å². The van der Waals surface area contributed by atoms with Crippen LogP contribution in [0.4, 0.5) is 0 Å². The van der Waals surface area contributed by atoms with Crippen molar-refractivity contribution in [3.8, 4) is 10.6 Å². The monoisotopic (exact) mass is 435 g/mol. The third kappa shape index (κ3) is 4.14. The van der Waals surface area contributed by atoms with Gasteiger partial charge in [0.05, 0.1) is 16.5 Å². The number of aromatic nitrogens is 3. The summed E-state index contributed by atoms with van der Waals surface area (Å²) in [5.41, 5.74) is 5.00. The zero-order valence-electron chi connectivity index (χ0n) is 16.3. The largest absolute Gasteiger partial charge is 0.281 e. The first-order chi connectivity index (χ1) is 14.9. The fourth-order valence-corrected chi connectivity index (χ4v) is 4.00. The summed E-state index contributed by atoms with van der Waals surface area (Å²) in [6.45, 7) is 1.25. The Morgan fingerprint density at radius 3 is 2.42 bits per heavy atom. The predicted molar refractivity (Wildman–Crippen MR) is 117 cm³/mol. The molecule has 0 spiro atoms. The lowest BCUT2D eigenvalue weighted by atomic mass is 10.2. The van der Waals surface area contributed by atoms with Crippen molar-refractivity contribution >= 4 is 33.9 Å². The number of H-pyrrole nitrogens is 1. The van der Waals surface area contributed by atoms with E-state index < -0.39 is 29.5 Å². The SMILES string of the molecule is Cc1nc(-c2ccccc2)sc1C(=O)NNC(=O)Cn1[nH]c(=O)c2ccccc2c1=O. The van der Waals surface area contributed by atoms with Gasteiger partial charge in [0.15, 0.2) is 0 Å². The third-order valence-corrected chi connectivity index (χ3v) is 5.73. The molecule has 9 nitrogen and oxygen atoms in total. The maximum atomic E-state index is 12.5. The Kier molecular flexibility index (Phi) is 5.46. The summed E-state index contributed by atoms with van der Waals surface area (Å²) in [5, 5.41) is 3.50. The number of hydrazine groups is 1. The normalized spacial score (nSPS) is 10.7. The van der Waals surface area contributed by atoms with Crippen molar-refractivity contribution in [1.29, 1.82) is 0 Å². The van der Waals surface area contributed by atoms with Crippen molar-refractivity contribution in [3.05, 3.63) is 85.9 Å². The molecule has 2 amide bonds. The van der Waals surface area contributed by atoms with E-state index in [2.05, 4.69) is 20.9 Å². The van der Waals surface area contributed by atoms with Crippen LogP contribution in [0.2, 0.25) is 0 Å². The Labute approximate surface area is 179 Å². The second-order valence-electron chi connectivity index (χ2n) is 6.68. The molecule has 0 saturated heterocycles. The van der Waals surface area contributed by atoms with Gasteiger partial charge in [-0.2, -0.15) is 0 Å². The second-order valence-corrected chi connectivity index (χ2v) is 7.68. The van der Waals surface area contributed by atoms with Crippen LogP contribution < -0.4 is 22.0 Å². The number of hydrogen-bond acceptors (Lipinski definition) is 6. The predicted octanol–water partition coefficient (Wildman–Crippen LogP) is 1.58. The Morgan fingerprint density at radius 2 is 1.68 bits per heavy atom. The Bertz CT molecular complexity index is 1400. The molecule has 0 aliphatic rings. The quantitative estimate of drug-likeness (QED) is 0.420. The number of hydrogen-bond donors (Lipinski definition) is 3. The van der Waals surface area contributed by atoms with E-state index in [9.17, 15) is 19.2 Å². The minimum Gasteiger partial charge on any atom is -0.271 e. The average Bonchev–Trinajstić information content (AvgIpc) is 3.18. The molecule has 0 bridgehead atoms. The number of rotatable bonds is 4. The zero-order valence-corrected chi connectivity index (χ0v) is 17.2. The highest BCUT2D eigenvalue weighted by Gasteiger charge is 2.17. The van der Waals surface area contributed by atoms with Crippen LogP contribution in [-0.4, -0.2) is 26.6 Å². The van der Waals surface area contributed by atoms with Crippen LogP contribution in [0.25, 0.3) is 21.3 Å². The van der Waals surface area contributed by atoms with Gasteiger partial charge < -0.3 is 0 Å². The Balaban J connectivity index is 1.45. The number of fused-ring (bicyclic) bond motifs is 1. The van der Waals surface area contributed by atoms with Crippen molar-refractivity contribution in [3.63, 3.8) is 0 Å². The highest BCUT2D eigenvalue weighted by Crippen LogP contribution is 2.27. The molecule has 2 aromatic carbocycles. The number of thiazole rings is 1. The lowest BCUT2D eigenvalue weighted by Crippen LogP contribution is -2.45. The molecule has 156 valence electrons. The van der Waals surface area contributed by atoms with Gasteiger partial charge in [0.25, 0.3) is 22.9 Å². The van der Waals surface area contributed by atoms with Crippen LogP contribution in [0, 0.1) is 6.92 Å². The van der Waals surface area contributed by atoms with Gasteiger partial charge in [-0.1, -0.05) is 42.5 Å². The molecule has 10 heteroatoms. The number of nitrogens with zero attached hydrogens (tertiary/aromatic N) is 2. The first kappa shape index (κ1) is 20.2. The minimum absolute atomic E-state index is 0.205. The van der Waals surface area contributed by atoms with E-state index in [-0.39, 0.29) is 10.8 Å². The summed E-state index contributed by atoms with van der Waals surface area (Å²) < 4.78 is 0.900. The summed E-state index contributed by atoms with van der Waals surface area (Å²) in [6.07, 6.45) is 0. The van der Waals surface area contributed by atoms with E-state index in [0.29, 0.717) is 15.6 Å². The van der Waals surface area contributed by atoms with Crippen LogP contribution in [-0.2, 0) is 11.3 Å². The number of aryl methyl sites for hydroxylation is 1. The molecule has 0 atom stereocenters. The lowest BCUT2D eigenvalue weighted by Gasteiger charge is -2.09. The average molecular weight is 435 g/mol. The second kappa shape index (κ2) is 8.36. The van der Waals surface area contributed by atoms with Gasteiger partial charge in [0, 0.05) is 5.56 Å². The number of nitrogens with one attached hydrogen (secondary N) is 3. The van der Waals surface area contributed by atoms with E-state index in [1.807, 2.05) is 30.3 Å². The number of carbonyl (C=O) groups is 2. The molecule has 0 unspecified atom stereocenters. The van der Waals surface area contributed by atoms with Gasteiger partial charge in [-0.15, -0.1) is 11.3 Å². The highest BCUT2D eigenvalue weighted by atomic mass is 32.1. The molecule has 2 aromatic heterocycles. The molecule has 31 heavy (non-hydrogen) atoms. The molecule has 2 heterocycles. The van der Waals surface area contributed by atoms with Crippen molar-refractivity contribution < 1.29 is 9.59 Å². The van der Waals surface area contributed by atoms with E-state index in [1.54, 1.807) is 19.1 Å². The molecule has 4 aromatic rings. The van der Waals surface area contributed by atoms with Crippen molar-refractivity contribution in [2.24, 2.45) is 0 Å². The molecule has 0 aliphatic carbocycles. The van der Waals surface area contributed by atoms with Gasteiger partial charge in [-0.3, -0.25) is 35.1 Å². The molecule has 0 fully saturated rings. The van der Waals surface area contributed by atoms with Crippen molar-refractivity contribution in [1.82, 2.24) is 25.6 Å². The number of benzene rings is 2. The smallest absolute Gasteiger partial charge is 0.271 e.